The fraction of sp³-hybridized carbons (Fsp3) is 0.250. The van der Waals surface area contributed by atoms with Crippen molar-refractivity contribution < 1.29 is 8.91 Å². The summed E-state index contributed by atoms with van der Waals surface area (Å²) in [5.41, 5.74) is 1.40. The van der Waals surface area contributed by atoms with Crippen LogP contribution in [0.5, 0.6) is 0 Å². The summed E-state index contributed by atoms with van der Waals surface area (Å²) in [6.07, 6.45) is 1.87. The molecule has 2 heterocycles. The number of hydrogen-bond donors (Lipinski definition) is 0. The van der Waals surface area contributed by atoms with E-state index in [1.165, 1.54) is 12.5 Å². The van der Waals surface area contributed by atoms with Crippen molar-refractivity contribution in [2.24, 2.45) is 0 Å². The molecule has 0 fully saturated rings. The number of rotatable bonds is 4. The van der Waals surface area contributed by atoms with Crippen LogP contribution >= 0.6 is 27.5 Å². The normalized spacial score (nSPS) is 11.3. The molecule has 3 aromatic rings. The van der Waals surface area contributed by atoms with Crippen LogP contribution in [0.3, 0.4) is 0 Å². The Kier molecular flexibility index (Phi) is 3.71. The van der Waals surface area contributed by atoms with E-state index in [-0.39, 0.29) is 11.7 Å². The lowest BCUT2D eigenvalue weighted by Gasteiger charge is -2.06. The van der Waals surface area contributed by atoms with Gasteiger partial charge in [0, 0.05) is 19.0 Å². The molecule has 0 radical (unpaired) electrons. The lowest BCUT2D eigenvalue weighted by molar-refractivity contribution is 0.408. The highest BCUT2D eigenvalue weighted by atomic mass is 79.9. The number of halogens is 3. The molecule has 104 valence electrons. The van der Waals surface area contributed by atoms with Crippen LogP contribution in [0.25, 0.3) is 11.0 Å². The van der Waals surface area contributed by atoms with Crippen LogP contribution in [0, 0.1) is 5.82 Å². The Balaban J connectivity index is 2.01. The topological polar surface area (TPSA) is 56.7 Å². The highest BCUT2D eigenvalue weighted by molar-refractivity contribution is 9.10. The molecule has 0 spiro atoms. The van der Waals surface area contributed by atoms with Crippen molar-refractivity contribution >= 4 is 38.6 Å². The van der Waals surface area contributed by atoms with Crippen LogP contribution < -0.4 is 0 Å². The molecule has 0 N–H and O–H groups in total. The van der Waals surface area contributed by atoms with Gasteiger partial charge < -0.3 is 9.09 Å². The van der Waals surface area contributed by atoms with Crippen LogP contribution in [0.2, 0.25) is 0 Å². The van der Waals surface area contributed by atoms with E-state index >= 15 is 0 Å². The van der Waals surface area contributed by atoms with Gasteiger partial charge in [0.1, 0.15) is 11.6 Å². The predicted octanol–water partition coefficient (Wildman–Crippen LogP) is 3.30. The summed E-state index contributed by atoms with van der Waals surface area (Å²) < 4.78 is 20.6. The van der Waals surface area contributed by atoms with E-state index in [0.29, 0.717) is 34.6 Å². The minimum Gasteiger partial charge on any atom is -0.343 e. The summed E-state index contributed by atoms with van der Waals surface area (Å²) >= 11 is 9.09. The summed E-state index contributed by atoms with van der Waals surface area (Å²) in [4.78, 5) is 8.31. The van der Waals surface area contributed by atoms with E-state index < -0.39 is 0 Å². The van der Waals surface area contributed by atoms with E-state index in [4.69, 9.17) is 16.1 Å². The molecule has 0 saturated carbocycles. The third kappa shape index (κ3) is 2.43. The third-order valence-electron chi connectivity index (χ3n) is 2.95. The number of imidazole rings is 1. The van der Waals surface area contributed by atoms with Gasteiger partial charge in [-0.15, -0.1) is 11.6 Å². The van der Waals surface area contributed by atoms with E-state index in [9.17, 15) is 4.39 Å². The molecule has 0 saturated heterocycles. The summed E-state index contributed by atoms with van der Waals surface area (Å²) in [5, 5.41) is 3.76. The second-order valence-corrected chi connectivity index (χ2v) is 5.29. The molecule has 20 heavy (non-hydrogen) atoms. The van der Waals surface area contributed by atoms with Crippen LogP contribution in [-0.4, -0.2) is 19.7 Å². The van der Waals surface area contributed by atoms with Crippen molar-refractivity contribution in [1.29, 1.82) is 0 Å². The molecule has 0 unspecified atom stereocenters. The molecule has 1 aromatic carbocycles. The van der Waals surface area contributed by atoms with Crippen LogP contribution in [0.15, 0.2) is 27.5 Å². The highest BCUT2D eigenvalue weighted by Crippen LogP contribution is 2.25. The van der Waals surface area contributed by atoms with Crippen LogP contribution in [0.4, 0.5) is 4.39 Å². The van der Waals surface area contributed by atoms with Crippen LogP contribution in [-0.2, 0) is 18.8 Å². The van der Waals surface area contributed by atoms with Gasteiger partial charge in [-0.3, -0.25) is 0 Å². The highest BCUT2D eigenvalue weighted by Gasteiger charge is 2.13. The van der Waals surface area contributed by atoms with Gasteiger partial charge in [-0.05, 0) is 22.0 Å². The molecule has 3 rings (SSSR count). The summed E-state index contributed by atoms with van der Waals surface area (Å²) in [6, 6.07) is 3.09. The monoisotopic (exact) mass is 358 g/mol. The average molecular weight is 360 g/mol. The quantitative estimate of drug-likeness (QED) is 0.671. The van der Waals surface area contributed by atoms with Gasteiger partial charge >= 0.3 is 0 Å². The van der Waals surface area contributed by atoms with E-state index in [2.05, 4.69) is 31.1 Å². The van der Waals surface area contributed by atoms with Gasteiger partial charge in [-0.25, -0.2) is 9.37 Å². The fourth-order valence-corrected chi connectivity index (χ4v) is 2.57. The minimum absolute atomic E-state index is 0.250. The zero-order valence-electron chi connectivity index (χ0n) is 10.2. The first kappa shape index (κ1) is 13.5. The number of hydrogen-bond acceptors (Lipinski definition) is 4. The maximum absolute atomic E-state index is 13.5. The lowest BCUT2D eigenvalue weighted by Crippen LogP contribution is -2.06. The van der Waals surface area contributed by atoms with Crippen molar-refractivity contribution in [3.05, 3.63) is 40.5 Å². The van der Waals surface area contributed by atoms with Gasteiger partial charge in [0.25, 0.3) is 0 Å². The minimum atomic E-state index is -0.346. The van der Waals surface area contributed by atoms with Gasteiger partial charge in [-0.1, -0.05) is 5.16 Å². The maximum atomic E-state index is 13.5. The Labute approximate surface area is 126 Å². The third-order valence-corrected chi connectivity index (χ3v) is 3.80. The van der Waals surface area contributed by atoms with Crippen LogP contribution in [0.1, 0.15) is 11.6 Å². The molecule has 2 aromatic heterocycles. The first-order chi connectivity index (χ1) is 9.69. The summed E-state index contributed by atoms with van der Waals surface area (Å²) in [6.45, 7) is 0.593. The summed E-state index contributed by atoms with van der Waals surface area (Å²) in [5.74, 6) is 1.19. The summed E-state index contributed by atoms with van der Waals surface area (Å²) in [7, 11) is 0. The Bertz CT molecular complexity index is 744. The van der Waals surface area contributed by atoms with Crippen molar-refractivity contribution in [1.82, 2.24) is 19.7 Å². The number of aryl methyl sites for hydroxylation is 2. The van der Waals surface area contributed by atoms with Gasteiger partial charge in [-0.2, -0.15) is 4.98 Å². The van der Waals surface area contributed by atoms with Crippen molar-refractivity contribution in [3.8, 4) is 0 Å². The first-order valence-corrected chi connectivity index (χ1v) is 7.17. The Morgan fingerprint density at radius 1 is 1.40 bits per heavy atom. The maximum Gasteiger partial charge on any atom is 0.213 e. The van der Waals surface area contributed by atoms with Crippen molar-refractivity contribution in [3.63, 3.8) is 0 Å². The van der Waals surface area contributed by atoms with Gasteiger partial charge in [0.05, 0.1) is 21.4 Å². The van der Waals surface area contributed by atoms with Gasteiger partial charge in [0.15, 0.2) is 5.82 Å². The standard InChI is InChI=1S/C12H9BrClFN4O/c13-7-3-10-9(4-8(7)15)17-12(5-14)19(10)2-1-11-16-6-20-18-11/h3-4,6H,1-2,5H2. The molecular weight excluding hydrogens is 351 g/mol. The predicted molar refractivity (Wildman–Crippen MR) is 75.0 cm³/mol. The van der Waals surface area contributed by atoms with E-state index in [1.54, 1.807) is 6.07 Å². The number of benzene rings is 1. The molecule has 8 heteroatoms. The Morgan fingerprint density at radius 3 is 2.95 bits per heavy atom. The average Bonchev–Trinajstić information content (AvgIpc) is 3.05. The molecule has 0 amide bonds. The number of alkyl halides is 1. The molecule has 0 aliphatic carbocycles. The molecule has 0 atom stereocenters. The zero-order valence-corrected chi connectivity index (χ0v) is 12.5. The lowest BCUT2D eigenvalue weighted by atomic mass is 10.3. The molecule has 5 nitrogen and oxygen atoms in total. The smallest absolute Gasteiger partial charge is 0.213 e. The van der Waals surface area contributed by atoms with Crippen molar-refractivity contribution in [2.45, 2.75) is 18.8 Å². The largest absolute Gasteiger partial charge is 0.343 e. The van der Waals surface area contributed by atoms with E-state index in [1.807, 2.05) is 4.57 Å². The number of fused-ring (bicyclic) bond motifs is 1. The van der Waals surface area contributed by atoms with Gasteiger partial charge in [0.2, 0.25) is 6.39 Å². The molecule has 0 bridgehead atoms. The second kappa shape index (κ2) is 5.49. The first-order valence-electron chi connectivity index (χ1n) is 5.84. The Hall–Kier alpha value is -1.47. The second-order valence-electron chi connectivity index (χ2n) is 4.17. The van der Waals surface area contributed by atoms with E-state index in [0.717, 1.165) is 5.52 Å². The zero-order chi connectivity index (χ0) is 14.1. The van der Waals surface area contributed by atoms with Crippen molar-refractivity contribution in [2.75, 3.05) is 0 Å². The SMILES string of the molecule is Fc1cc2nc(CCl)n(CCc3ncon3)c2cc1Br. The Morgan fingerprint density at radius 2 is 2.25 bits per heavy atom. The fourth-order valence-electron chi connectivity index (χ4n) is 2.04. The molecule has 0 aliphatic heterocycles. The number of nitrogens with zero attached hydrogens (tertiary/aromatic N) is 4. The number of aromatic nitrogens is 4. The molecular formula is C12H9BrClFN4O. The molecule has 0 aliphatic rings.